The van der Waals surface area contributed by atoms with Crippen LogP contribution in [0, 0.1) is 0 Å². The lowest BCUT2D eigenvalue weighted by Gasteiger charge is -2.22. The van der Waals surface area contributed by atoms with E-state index in [-0.39, 0.29) is 24.7 Å². The Morgan fingerprint density at radius 2 is 1.12 bits per heavy atom. The molecule has 0 saturated carbocycles. The quantitative estimate of drug-likeness (QED) is 0.659. The Labute approximate surface area is 140 Å². The maximum Gasteiger partial charge on any atom is 0.326 e. The average Bonchev–Trinajstić information content (AvgIpc) is 3.19. The molecule has 2 aliphatic rings. The molecular formula is C16H24N2O6. The maximum atomic E-state index is 12.1. The van der Waals surface area contributed by atoms with Gasteiger partial charge in [-0.15, -0.1) is 0 Å². The van der Waals surface area contributed by atoms with Crippen molar-refractivity contribution in [2.45, 2.75) is 63.5 Å². The van der Waals surface area contributed by atoms with Gasteiger partial charge in [-0.25, -0.2) is 9.59 Å². The minimum absolute atomic E-state index is 0.183. The summed E-state index contributed by atoms with van der Waals surface area (Å²) in [4.78, 5) is 49.2. The fourth-order valence-electron chi connectivity index (χ4n) is 3.48. The summed E-state index contributed by atoms with van der Waals surface area (Å²) >= 11 is 0. The van der Waals surface area contributed by atoms with Gasteiger partial charge in [0.15, 0.2) is 0 Å². The molecule has 2 atom stereocenters. The number of carbonyl (C=O) groups excluding carboxylic acids is 2. The number of hydrogen-bond donors (Lipinski definition) is 2. The average molecular weight is 340 g/mol. The third-order valence-corrected chi connectivity index (χ3v) is 4.75. The lowest BCUT2D eigenvalue weighted by molar-refractivity contribution is -0.148. The highest BCUT2D eigenvalue weighted by molar-refractivity contribution is 5.85. The highest BCUT2D eigenvalue weighted by Crippen LogP contribution is 2.21. The number of aliphatic carboxylic acids is 2. The molecule has 2 aliphatic heterocycles. The second-order valence-corrected chi connectivity index (χ2v) is 6.37. The molecule has 0 bridgehead atoms. The molecule has 8 heteroatoms. The van der Waals surface area contributed by atoms with Crippen LogP contribution in [0.5, 0.6) is 0 Å². The number of rotatable bonds is 7. The SMILES string of the molecule is O=C(O)C1CCCN1C(=O)CCCCC(=O)N1CCCC1C(=O)O. The topological polar surface area (TPSA) is 115 Å². The number of carboxylic acids is 2. The van der Waals surface area contributed by atoms with Gasteiger partial charge in [0.25, 0.3) is 0 Å². The van der Waals surface area contributed by atoms with Gasteiger partial charge >= 0.3 is 11.9 Å². The number of likely N-dealkylation sites (tertiary alicyclic amines) is 2. The van der Waals surface area contributed by atoms with Gasteiger partial charge in [-0.1, -0.05) is 0 Å². The highest BCUT2D eigenvalue weighted by Gasteiger charge is 2.34. The van der Waals surface area contributed by atoms with Crippen molar-refractivity contribution in [1.29, 1.82) is 0 Å². The van der Waals surface area contributed by atoms with Crippen molar-refractivity contribution in [3.05, 3.63) is 0 Å². The first-order valence-corrected chi connectivity index (χ1v) is 8.46. The number of carboxylic acid groups (broad SMARTS) is 2. The van der Waals surface area contributed by atoms with Gasteiger partial charge in [0.05, 0.1) is 0 Å². The van der Waals surface area contributed by atoms with Crippen LogP contribution >= 0.6 is 0 Å². The minimum Gasteiger partial charge on any atom is -0.480 e. The molecule has 2 N–H and O–H groups in total. The monoisotopic (exact) mass is 340 g/mol. The van der Waals surface area contributed by atoms with Crippen LogP contribution in [0.15, 0.2) is 0 Å². The van der Waals surface area contributed by atoms with Crippen LogP contribution in [-0.4, -0.2) is 68.9 Å². The molecule has 134 valence electrons. The van der Waals surface area contributed by atoms with Crippen molar-refractivity contribution < 1.29 is 29.4 Å². The molecule has 2 saturated heterocycles. The highest BCUT2D eigenvalue weighted by atomic mass is 16.4. The first-order chi connectivity index (χ1) is 11.4. The molecule has 0 aromatic carbocycles. The summed E-state index contributed by atoms with van der Waals surface area (Å²) in [5, 5.41) is 18.2. The van der Waals surface area contributed by atoms with Gasteiger partial charge in [0.1, 0.15) is 12.1 Å². The molecule has 0 spiro atoms. The van der Waals surface area contributed by atoms with Crippen molar-refractivity contribution in [1.82, 2.24) is 9.80 Å². The van der Waals surface area contributed by atoms with E-state index >= 15 is 0 Å². The second kappa shape index (κ2) is 8.12. The molecular weight excluding hydrogens is 316 g/mol. The van der Waals surface area contributed by atoms with E-state index in [2.05, 4.69) is 0 Å². The van der Waals surface area contributed by atoms with E-state index in [1.807, 2.05) is 0 Å². The van der Waals surface area contributed by atoms with Crippen LogP contribution < -0.4 is 0 Å². The van der Waals surface area contributed by atoms with E-state index in [0.29, 0.717) is 51.6 Å². The van der Waals surface area contributed by atoms with Crippen molar-refractivity contribution in [3.63, 3.8) is 0 Å². The molecule has 2 rings (SSSR count). The maximum absolute atomic E-state index is 12.1. The Hall–Kier alpha value is -2.12. The molecule has 0 aliphatic carbocycles. The smallest absolute Gasteiger partial charge is 0.326 e. The Morgan fingerprint density at radius 3 is 1.46 bits per heavy atom. The van der Waals surface area contributed by atoms with Crippen LogP contribution in [0.1, 0.15) is 51.4 Å². The predicted octanol–water partition coefficient (Wildman–Crippen LogP) is 0.698. The van der Waals surface area contributed by atoms with Gasteiger partial charge in [-0.05, 0) is 38.5 Å². The number of hydrogen-bond acceptors (Lipinski definition) is 4. The van der Waals surface area contributed by atoms with Crippen LogP contribution in [0.25, 0.3) is 0 Å². The lowest BCUT2D eigenvalue weighted by atomic mass is 10.1. The molecule has 2 amide bonds. The molecule has 0 aromatic heterocycles. The van der Waals surface area contributed by atoms with Crippen LogP contribution in [0.3, 0.4) is 0 Å². The third-order valence-electron chi connectivity index (χ3n) is 4.75. The zero-order valence-corrected chi connectivity index (χ0v) is 13.6. The van der Waals surface area contributed by atoms with E-state index in [1.54, 1.807) is 0 Å². The standard InChI is InChI=1S/C16H24N2O6/c19-13(17-9-3-5-11(17)15(21)22)7-1-2-8-14(20)18-10-4-6-12(18)16(23)24/h11-12H,1-10H2,(H,21,22)(H,23,24). The number of amides is 2. The second-order valence-electron chi connectivity index (χ2n) is 6.37. The summed E-state index contributed by atoms with van der Waals surface area (Å²) in [7, 11) is 0. The van der Waals surface area contributed by atoms with E-state index in [9.17, 15) is 19.2 Å². The summed E-state index contributed by atoms with van der Waals surface area (Å²) in [5.41, 5.74) is 0. The molecule has 8 nitrogen and oxygen atoms in total. The zero-order valence-electron chi connectivity index (χ0n) is 13.6. The molecule has 2 unspecified atom stereocenters. The van der Waals surface area contributed by atoms with Crippen molar-refractivity contribution in [2.75, 3.05) is 13.1 Å². The summed E-state index contributed by atoms with van der Waals surface area (Å²) in [5.74, 6) is -2.30. The summed E-state index contributed by atoms with van der Waals surface area (Å²) in [6.45, 7) is 0.950. The number of unbranched alkanes of at least 4 members (excludes halogenated alkanes) is 1. The van der Waals surface area contributed by atoms with Gasteiger partial charge in [0, 0.05) is 25.9 Å². The summed E-state index contributed by atoms with van der Waals surface area (Å²) in [6, 6.07) is -1.44. The summed E-state index contributed by atoms with van der Waals surface area (Å²) in [6.07, 6.45) is 3.83. The Kier molecular flexibility index (Phi) is 6.16. The van der Waals surface area contributed by atoms with Gasteiger partial charge < -0.3 is 20.0 Å². The van der Waals surface area contributed by atoms with E-state index < -0.39 is 24.0 Å². The minimum atomic E-state index is -0.968. The van der Waals surface area contributed by atoms with E-state index in [4.69, 9.17) is 10.2 Å². The molecule has 2 fully saturated rings. The van der Waals surface area contributed by atoms with Gasteiger partial charge in [0.2, 0.25) is 11.8 Å². The molecule has 0 aromatic rings. The third kappa shape index (κ3) is 4.24. The van der Waals surface area contributed by atoms with Crippen LogP contribution in [0.2, 0.25) is 0 Å². The number of carbonyl (C=O) groups is 4. The first kappa shape index (κ1) is 18.2. The Morgan fingerprint density at radius 1 is 0.750 bits per heavy atom. The van der Waals surface area contributed by atoms with Gasteiger partial charge in [-0.2, -0.15) is 0 Å². The fraction of sp³-hybridized carbons (Fsp3) is 0.750. The van der Waals surface area contributed by atoms with Crippen molar-refractivity contribution in [3.8, 4) is 0 Å². The normalized spacial score (nSPS) is 23.5. The van der Waals surface area contributed by atoms with E-state index in [1.165, 1.54) is 9.80 Å². The fourth-order valence-corrected chi connectivity index (χ4v) is 3.48. The van der Waals surface area contributed by atoms with Crippen LogP contribution in [-0.2, 0) is 19.2 Å². The zero-order chi connectivity index (χ0) is 17.7. The largest absolute Gasteiger partial charge is 0.480 e. The Bertz CT molecular complexity index is 475. The van der Waals surface area contributed by atoms with E-state index in [0.717, 1.165) is 0 Å². The molecule has 0 radical (unpaired) electrons. The Balaban J connectivity index is 1.71. The van der Waals surface area contributed by atoms with Crippen LogP contribution in [0.4, 0.5) is 0 Å². The molecule has 24 heavy (non-hydrogen) atoms. The van der Waals surface area contributed by atoms with Crippen molar-refractivity contribution in [2.24, 2.45) is 0 Å². The van der Waals surface area contributed by atoms with Gasteiger partial charge in [-0.3, -0.25) is 9.59 Å². The summed E-state index contributed by atoms with van der Waals surface area (Å²) < 4.78 is 0. The predicted molar refractivity (Wildman–Crippen MR) is 83.2 cm³/mol. The van der Waals surface area contributed by atoms with Crippen molar-refractivity contribution >= 4 is 23.8 Å². The number of nitrogens with zero attached hydrogens (tertiary/aromatic N) is 2. The first-order valence-electron chi connectivity index (χ1n) is 8.46. The lowest BCUT2D eigenvalue weighted by Crippen LogP contribution is -2.40. The molecule has 2 heterocycles.